The third-order valence-corrected chi connectivity index (χ3v) is 2.01. The molecular weight excluding hydrogens is 164 g/mol. The number of aliphatic hydroxyl groups is 1. The van der Waals surface area contributed by atoms with Crippen LogP contribution in [0.2, 0.25) is 0 Å². The molecule has 0 aliphatic carbocycles. The van der Waals surface area contributed by atoms with Crippen molar-refractivity contribution in [1.82, 2.24) is 10.3 Å². The lowest BCUT2D eigenvalue weighted by Crippen LogP contribution is -2.31. The predicted molar refractivity (Wildman–Crippen MR) is 52.2 cm³/mol. The Morgan fingerprint density at radius 1 is 1.54 bits per heavy atom. The molecule has 2 N–H and O–H groups in total. The summed E-state index contributed by atoms with van der Waals surface area (Å²) in [6.45, 7) is 2.95. The van der Waals surface area contributed by atoms with Gasteiger partial charge in [0.05, 0.1) is 12.3 Å². The van der Waals surface area contributed by atoms with Crippen LogP contribution in [0.4, 0.5) is 0 Å². The van der Waals surface area contributed by atoms with Crippen molar-refractivity contribution < 1.29 is 5.11 Å². The summed E-state index contributed by atoms with van der Waals surface area (Å²) >= 11 is 0. The molecule has 0 aliphatic heterocycles. The SMILES string of the molecule is CC[C@@H](CO)NCc1ccccn1. The minimum absolute atomic E-state index is 0.182. The van der Waals surface area contributed by atoms with Crippen LogP contribution in [0.5, 0.6) is 0 Å². The van der Waals surface area contributed by atoms with Crippen LogP contribution < -0.4 is 5.32 Å². The Labute approximate surface area is 78.8 Å². The van der Waals surface area contributed by atoms with Gasteiger partial charge < -0.3 is 10.4 Å². The molecule has 0 bridgehead atoms. The fraction of sp³-hybridized carbons (Fsp3) is 0.500. The number of aliphatic hydroxyl groups excluding tert-OH is 1. The van der Waals surface area contributed by atoms with E-state index in [9.17, 15) is 0 Å². The van der Waals surface area contributed by atoms with Gasteiger partial charge in [-0.05, 0) is 18.6 Å². The van der Waals surface area contributed by atoms with E-state index in [1.807, 2.05) is 25.1 Å². The summed E-state index contributed by atoms with van der Waals surface area (Å²) < 4.78 is 0. The molecule has 1 aromatic heterocycles. The predicted octanol–water partition coefficient (Wildman–Crippen LogP) is 0.942. The molecule has 0 amide bonds. The number of rotatable bonds is 5. The number of nitrogens with one attached hydrogen (secondary N) is 1. The third-order valence-electron chi connectivity index (χ3n) is 2.01. The lowest BCUT2D eigenvalue weighted by Gasteiger charge is -2.12. The molecule has 0 radical (unpaired) electrons. The normalized spacial score (nSPS) is 12.8. The molecule has 72 valence electrons. The Balaban J connectivity index is 2.34. The Morgan fingerprint density at radius 3 is 2.92 bits per heavy atom. The molecule has 1 atom stereocenters. The first kappa shape index (κ1) is 10.2. The van der Waals surface area contributed by atoms with E-state index in [-0.39, 0.29) is 12.6 Å². The van der Waals surface area contributed by atoms with Crippen molar-refractivity contribution in [2.45, 2.75) is 25.9 Å². The molecule has 0 unspecified atom stereocenters. The number of hydrogen-bond donors (Lipinski definition) is 2. The van der Waals surface area contributed by atoms with Crippen molar-refractivity contribution in [2.75, 3.05) is 6.61 Å². The van der Waals surface area contributed by atoms with Crippen molar-refractivity contribution in [1.29, 1.82) is 0 Å². The largest absolute Gasteiger partial charge is 0.395 e. The second-order valence-corrected chi connectivity index (χ2v) is 2.99. The van der Waals surface area contributed by atoms with E-state index in [1.165, 1.54) is 0 Å². The molecule has 0 aliphatic rings. The molecule has 0 saturated carbocycles. The molecule has 1 aromatic rings. The molecule has 3 heteroatoms. The molecule has 0 fully saturated rings. The van der Waals surface area contributed by atoms with Crippen molar-refractivity contribution in [2.24, 2.45) is 0 Å². The zero-order valence-electron chi connectivity index (χ0n) is 7.90. The van der Waals surface area contributed by atoms with Gasteiger partial charge in [-0.2, -0.15) is 0 Å². The Hall–Kier alpha value is -0.930. The lowest BCUT2D eigenvalue weighted by atomic mass is 10.2. The minimum Gasteiger partial charge on any atom is -0.395 e. The molecule has 0 spiro atoms. The van der Waals surface area contributed by atoms with E-state index in [2.05, 4.69) is 10.3 Å². The van der Waals surface area contributed by atoms with Crippen LogP contribution in [0.15, 0.2) is 24.4 Å². The number of nitrogens with zero attached hydrogens (tertiary/aromatic N) is 1. The number of hydrogen-bond acceptors (Lipinski definition) is 3. The van der Waals surface area contributed by atoms with Gasteiger partial charge in [-0.15, -0.1) is 0 Å². The molecule has 0 saturated heterocycles. The van der Waals surface area contributed by atoms with E-state index >= 15 is 0 Å². The quantitative estimate of drug-likeness (QED) is 0.709. The summed E-state index contributed by atoms with van der Waals surface area (Å²) in [4.78, 5) is 4.18. The highest BCUT2D eigenvalue weighted by molar-refractivity contribution is 5.03. The average Bonchev–Trinajstić information content (AvgIpc) is 2.21. The highest BCUT2D eigenvalue weighted by atomic mass is 16.3. The van der Waals surface area contributed by atoms with Gasteiger partial charge in [-0.1, -0.05) is 13.0 Å². The van der Waals surface area contributed by atoms with Crippen LogP contribution in [-0.2, 0) is 6.54 Å². The fourth-order valence-corrected chi connectivity index (χ4v) is 1.09. The van der Waals surface area contributed by atoms with Crippen molar-refractivity contribution >= 4 is 0 Å². The molecule has 3 nitrogen and oxygen atoms in total. The van der Waals surface area contributed by atoms with Crippen molar-refractivity contribution in [3.05, 3.63) is 30.1 Å². The summed E-state index contributed by atoms with van der Waals surface area (Å²) in [5.41, 5.74) is 1.01. The molecule has 0 aromatic carbocycles. The van der Waals surface area contributed by atoms with Crippen molar-refractivity contribution in [3.8, 4) is 0 Å². The van der Waals surface area contributed by atoms with E-state index < -0.39 is 0 Å². The first-order chi connectivity index (χ1) is 6.36. The van der Waals surface area contributed by atoms with Crippen LogP contribution in [0.3, 0.4) is 0 Å². The second-order valence-electron chi connectivity index (χ2n) is 2.99. The standard InChI is InChI=1S/C10H16N2O/c1-2-9(8-13)12-7-10-5-3-4-6-11-10/h3-6,9,12-13H,2,7-8H2,1H3/t9-/m0/s1. The summed E-state index contributed by atoms with van der Waals surface area (Å²) in [6.07, 6.45) is 2.71. The van der Waals surface area contributed by atoms with Crippen LogP contribution in [0, 0.1) is 0 Å². The van der Waals surface area contributed by atoms with Gasteiger partial charge in [-0.3, -0.25) is 4.98 Å². The van der Waals surface area contributed by atoms with Gasteiger partial charge in [0.15, 0.2) is 0 Å². The zero-order valence-corrected chi connectivity index (χ0v) is 7.90. The molecule has 13 heavy (non-hydrogen) atoms. The lowest BCUT2D eigenvalue weighted by molar-refractivity contribution is 0.238. The third kappa shape index (κ3) is 3.53. The first-order valence-electron chi connectivity index (χ1n) is 4.61. The summed E-state index contributed by atoms with van der Waals surface area (Å²) in [5, 5.41) is 12.1. The Morgan fingerprint density at radius 2 is 2.38 bits per heavy atom. The van der Waals surface area contributed by atoms with Crippen LogP contribution >= 0.6 is 0 Å². The van der Waals surface area contributed by atoms with E-state index in [4.69, 9.17) is 5.11 Å². The van der Waals surface area contributed by atoms with Gasteiger partial charge in [-0.25, -0.2) is 0 Å². The Kier molecular flexibility index (Phi) is 4.43. The zero-order chi connectivity index (χ0) is 9.52. The minimum atomic E-state index is 0.182. The highest BCUT2D eigenvalue weighted by Gasteiger charge is 2.02. The van der Waals surface area contributed by atoms with Crippen LogP contribution in [-0.4, -0.2) is 22.7 Å². The van der Waals surface area contributed by atoms with E-state index in [0.717, 1.165) is 18.7 Å². The maximum absolute atomic E-state index is 8.92. The van der Waals surface area contributed by atoms with E-state index in [0.29, 0.717) is 0 Å². The maximum Gasteiger partial charge on any atom is 0.0584 e. The van der Waals surface area contributed by atoms with Gasteiger partial charge in [0, 0.05) is 18.8 Å². The van der Waals surface area contributed by atoms with E-state index in [1.54, 1.807) is 6.20 Å². The van der Waals surface area contributed by atoms with Gasteiger partial charge in [0.2, 0.25) is 0 Å². The number of aromatic nitrogens is 1. The topological polar surface area (TPSA) is 45.1 Å². The van der Waals surface area contributed by atoms with Gasteiger partial charge in [0.25, 0.3) is 0 Å². The molecule has 1 heterocycles. The summed E-state index contributed by atoms with van der Waals surface area (Å²) in [5.74, 6) is 0. The Bertz CT molecular complexity index is 222. The molecule has 1 rings (SSSR count). The summed E-state index contributed by atoms with van der Waals surface area (Å²) in [7, 11) is 0. The smallest absolute Gasteiger partial charge is 0.0584 e. The number of pyridine rings is 1. The van der Waals surface area contributed by atoms with Gasteiger partial charge in [0.1, 0.15) is 0 Å². The summed E-state index contributed by atoms with van der Waals surface area (Å²) in [6, 6.07) is 6.01. The van der Waals surface area contributed by atoms with Gasteiger partial charge >= 0.3 is 0 Å². The van der Waals surface area contributed by atoms with Crippen molar-refractivity contribution in [3.63, 3.8) is 0 Å². The van der Waals surface area contributed by atoms with Crippen LogP contribution in [0.25, 0.3) is 0 Å². The maximum atomic E-state index is 8.92. The second kappa shape index (κ2) is 5.67. The fourth-order valence-electron chi connectivity index (χ4n) is 1.09. The molecular formula is C10H16N2O. The van der Waals surface area contributed by atoms with Crippen LogP contribution in [0.1, 0.15) is 19.0 Å². The highest BCUT2D eigenvalue weighted by Crippen LogP contribution is 1.95. The first-order valence-corrected chi connectivity index (χ1v) is 4.61. The monoisotopic (exact) mass is 180 g/mol. The average molecular weight is 180 g/mol.